The highest BCUT2D eigenvalue weighted by Crippen LogP contribution is 2.38. The van der Waals surface area contributed by atoms with E-state index in [1.54, 1.807) is 0 Å². The van der Waals surface area contributed by atoms with E-state index in [1.165, 1.54) is 0 Å². The first-order chi connectivity index (χ1) is 8.24. The predicted molar refractivity (Wildman–Crippen MR) is 73.5 cm³/mol. The third-order valence-corrected chi connectivity index (χ3v) is 3.27. The van der Waals surface area contributed by atoms with Crippen LogP contribution in [0.15, 0.2) is 42.5 Å². The monoisotopic (exact) mass is 264 g/mol. The number of anilines is 3. The van der Waals surface area contributed by atoms with Gasteiger partial charge in [0.05, 0.1) is 18.0 Å². The van der Waals surface area contributed by atoms with E-state index in [9.17, 15) is 0 Å². The molecule has 0 amide bonds. The van der Waals surface area contributed by atoms with Crippen molar-refractivity contribution >= 4 is 40.3 Å². The van der Waals surface area contributed by atoms with Crippen molar-refractivity contribution in [2.75, 3.05) is 16.9 Å². The largest absolute Gasteiger partial charge is 0.366 e. The lowest BCUT2D eigenvalue weighted by Crippen LogP contribution is -2.16. The highest BCUT2D eigenvalue weighted by Gasteiger charge is 2.20. The Balaban J connectivity index is 2.06. The van der Waals surface area contributed by atoms with Gasteiger partial charge in [0.1, 0.15) is 0 Å². The van der Waals surface area contributed by atoms with Gasteiger partial charge in [-0.05, 0) is 36.4 Å². The third kappa shape index (κ3) is 1.94. The maximum Gasteiger partial charge on any atom is 0.0926 e. The Hall–Kier alpha value is -1.38. The van der Waals surface area contributed by atoms with Gasteiger partial charge in [-0.15, -0.1) is 0 Å². The molecule has 0 aliphatic carbocycles. The lowest BCUT2D eigenvalue weighted by Gasteiger charge is -2.18. The molecule has 1 aliphatic heterocycles. The number of fused-ring (bicyclic) bond motifs is 1. The smallest absolute Gasteiger partial charge is 0.0926 e. The number of halogens is 2. The van der Waals surface area contributed by atoms with E-state index in [2.05, 4.69) is 10.2 Å². The van der Waals surface area contributed by atoms with Crippen LogP contribution in [0.2, 0.25) is 10.0 Å². The molecule has 1 heterocycles. The number of nitrogens with one attached hydrogen (secondary N) is 1. The van der Waals surface area contributed by atoms with Crippen molar-refractivity contribution in [2.45, 2.75) is 0 Å². The summed E-state index contributed by atoms with van der Waals surface area (Å²) in [6, 6.07) is 13.6. The normalized spacial score (nSPS) is 13.4. The summed E-state index contributed by atoms with van der Waals surface area (Å²) in [6.07, 6.45) is 0. The zero-order chi connectivity index (χ0) is 11.8. The minimum Gasteiger partial charge on any atom is -0.366 e. The Bertz CT molecular complexity index is 569. The van der Waals surface area contributed by atoms with Gasteiger partial charge in [-0.1, -0.05) is 29.3 Å². The van der Waals surface area contributed by atoms with Crippen LogP contribution in [0.25, 0.3) is 0 Å². The van der Waals surface area contributed by atoms with Gasteiger partial charge < -0.3 is 10.2 Å². The fourth-order valence-corrected chi connectivity index (χ4v) is 2.35. The predicted octanol–water partition coefficient (Wildman–Crippen LogP) is 4.51. The van der Waals surface area contributed by atoms with E-state index in [0.29, 0.717) is 0 Å². The highest BCUT2D eigenvalue weighted by molar-refractivity contribution is 6.31. The topological polar surface area (TPSA) is 15.3 Å². The van der Waals surface area contributed by atoms with Crippen molar-refractivity contribution in [1.29, 1.82) is 0 Å². The van der Waals surface area contributed by atoms with E-state index in [4.69, 9.17) is 23.2 Å². The molecule has 2 aromatic rings. The summed E-state index contributed by atoms with van der Waals surface area (Å²) in [6.45, 7) is 0.732. The van der Waals surface area contributed by atoms with E-state index >= 15 is 0 Å². The molecule has 0 aromatic heterocycles. The minimum absolute atomic E-state index is 0.732. The molecule has 1 aliphatic rings. The molecule has 2 aromatic carbocycles. The van der Waals surface area contributed by atoms with Gasteiger partial charge >= 0.3 is 0 Å². The van der Waals surface area contributed by atoms with Gasteiger partial charge in [0.2, 0.25) is 0 Å². The van der Waals surface area contributed by atoms with Crippen molar-refractivity contribution in [3.63, 3.8) is 0 Å². The summed E-state index contributed by atoms with van der Waals surface area (Å²) in [4.78, 5) is 2.15. The molecular weight excluding hydrogens is 255 g/mol. The second-order valence-corrected chi connectivity index (χ2v) is 4.78. The van der Waals surface area contributed by atoms with Crippen LogP contribution in [-0.4, -0.2) is 6.67 Å². The summed E-state index contributed by atoms with van der Waals surface area (Å²) in [5.74, 6) is 0. The zero-order valence-electron chi connectivity index (χ0n) is 8.95. The van der Waals surface area contributed by atoms with Crippen molar-refractivity contribution in [1.82, 2.24) is 0 Å². The molecule has 2 nitrogen and oxygen atoms in total. The second-order valence-electron chi connectivity index (χ2n) is 3.90. The van der Waals surface area contributed by atoms with Gasteiger partial charge in [-0.2, -0.15) is 0 Å². The Morgan fingerprint density at radius 2 is 1.82 bits per heavy atom. The average molecular weight is 265 g/mol. The van der Waals surface area contributed by atoms with Crippen LogP contribution in [0.4, 0.5) is 17.1 Å². The van der Waals surface area contributed by atoms with E-state index < -0.39 is 0 Å². The number of rotatable bonds is 1. The molecule has 0 atom stereocenters. The number of hydrogen-bond acceptors (Lipinski definition) is 2. The molecular formula is C13H10Cl2N2. The first-order valence-corrected chi connectivity index (χ1v) is 6.06. The van der Waals surface area contributed by atoms with E-state index in [0.717, 1.165) is 33.8 Å². The number of benzene rings is 2. The standard InChI is InChI=1S/C13H10Cl2N2/c14-9-2-1-3-11(6-9)17-8-16-12-5-4-10(15)7-13(12)17/h1-7,16H,8H2. The van der Waals surface area contributed by atoms with Gasteiger partial charge in [0.15, 0.2) is 0 Å². The van der Waals surface area contributed by atoms with Crippen molar-refractivity contribution < 1.29 is 0 Å². The first kappa shape index (κ1) is 10.8. The molecule has 17 heavy (non-hydrogen) atoms. The molecule has 0 bridgehead atoms. The third-order valence-electron chi connectivity index (χ3n) is 2.80. The quantitative estimate of drug-likeness (QED) is 0.815. The first-order valence-electron chi connectivity index (χ1n) is 5.30. The van der Waals surface area contributed by atoms with Crippen LogP contribution in [-0.2, 0) is 0 Å². The Morgan fingerprint density at radius 1 is 1.00 bits per heavy atom. The molecule has 0 unspecified atom stereocenters. The molecule has 3 rings (SSSR count). The van der Waals surface area contributed by atoms with Gasteiger partial charge in [0.25, 0.3) is 0 Å². The van der Waals surface area contributed by atoms with Crippen molar-refractivity contribution in [2.24, 2.45) is 0 Å². The molecule has 0 saturated heterocycles. The van der Waals surface area contributed by atoms with E-state index in [1.807, 2.05) is 42.5 Å². The fourth-order valence-electron chi connectivity index (χ4n) is 2.00. The second kappa shape index (κ2) is 4.13. The zero-order valence-corrected chi connectivity index (χ0v) is 10.5. The summed E-state index contributed by atoms with van der Waals surface area (Å²) >= 11 is 12.0. The number of nitrogens with zero attached hydrogens (tertiary/aromatic N) is 1. The Labute approximate surface area is 110 Å². The van der Waals surface area contributed by atoms with Crippen LogP contribution in [0.1, 0.15) is 0 Å². The van der Waals surface area contributed by atoms with Gasteiger partial charge in [-0.25, -0.2) is 0 Å². The van der Waals surface area contributed by atoms with Crippen LogP contribution in [0.3, 0.4) is 0 Å². The molecule has 0 spiro atoms. The maximum absolute atomic E-state index is 6.03. The lowest BCUT2D eigenvalue weighted by atomic mass is 10.2. The summed E-state index contributed by atoms with van der Waals surface area (Å²) in [5.41, 5.74) is 3.24. The summed E-state index contributed by atoms with van der Waals surface area (Å²) in [7, 11) is 0. The van der Waals surface area contributed by atoms with Crippen LogP contribution in [0, 0.1) is 0 Å². The SMILES string of the molecule is Clc1cccc(N2CNc3ccc(Cl)cc32)c1. The molecule has 4 heteroatoms. The van der Waals surface area contributed by atoms with Crippen LogP contribution in [0.5, 0.6) is 0 Å². The Morgan fingerprint density at radius 3 is 2.65 bits per heavy atom. The van der Waals surface area contributed by atoms with E-state index in [-0.39, 0.29) is 0 Å². The van der Waals surface area contributed by atoms with Crippen LogP contribution < -0.4 is 10.2 Å². The molecule has 0 fully saturated rings. The van der Waals surface area contributed by atoms with Crippen molar-refractivity contribution in [3.05, 3.63) is 52.5 Å². The maximum atomic E-state index is 6.03. The van der Waals surface area contributed by atoms with Gasteiger partial charge in [0, 0.05) is 15.7 Å². The van der Waals surface area contributed by atoms with Gasteiger partial charge in [-0.3, -0.25) is 0 Å². The number of hydrogen-bond donors (Lipinski definition) is 1. The molecule has 0 saturated carbocycles. The van der Waals surface area contributed by atoms with Crippen molar-refractivity contribution in [3.8, 4) is 0 Å². The highest BCUT2D eigenvalue weighted by atomic mass is 35.5. The van der Waals surface area contributed by atoms with Crippen LogP contribution >= 0.6 is 23.2 Å². The molecule has 1 N–H and O–H groups in total. The minimum atomic E-state index is 0.732. The molecule has 0 radical (unpaired) electrons. The Kier molecular flexibility index (Phi) is 2.61. The average Bonchev–Trinajstić information content (AvgIpc) is 2.71. The lowest BCUT2D eigenvalue weighted by molar-refractivity contribution is 1.10. The summed E-state index contributed by atoms with van der Waals surface area (Å²) < 4.78 is 0. The molecule has 86 valence electrons. The fraction of sp³-hybridized carbons (Fsp3) is 0.0769. The summed E-state index contributed by atoms with van der Waals surface area (Å²) in [5, 5.41) is 4.79.